The number of nitrogens with one attached hydrogen (secondary N) is 2. The molecule has 0 aromatic heterocycles. The number of ether oxygens (including phenoxy) is 3. The predicted octanol–water partition coefficient (Wildman–Crippen LogP) is 3.50. The van der Waals surface area contributed by atoms with E-state index in [-0.39, 0.29) is 24.3 Å². The number of hydrogen-bond acceptors (Lipinski definition) is 5. The molecule has 0 radical (unpaired) electrons. The van der Waals surface area contributed by atoms with E-state index in [0.29, 0.717) is 6.54 Å². The minimum absolute atomic E-state index is 0.00452. The third-order valence-corrected chi connectivity index (χ3v) is 4.26. The largest absolute Gasteiger partial charge is 0.497 e. The Morgan fingerprint density at radius 2 is 1.92 bits per heavy atom. The zero-order valence-electron chi connectivity index (χ0n) is 16.5. The number of methoxy groups -OCH3 is 1. The molecule has 0 saturated heterocycles. The van der Waals surface area contributed by atoms with Gasteiger partial charge in [-0.2, -0.15) is 0 Å². The highest BCUT2D eigenvalue weighted by Gasteiger charge is 2.30. The van der Waals surface area contributed by atoms with Crippen molar-refractivity contribution >= 4 is 6.09 Å². The van der Waals surface area contributed by atoms with Gasteiger partial charge in [-0.15, -0.1) is 0 Å². The molecule has 0 unspecified atom stereocenters. The van der Waals surface area contributed by atoms with E-state index in [1.54, 1.807) is 7.11 Å². The number of amides is 1. The van der Waals surface area contributed by atoms with E-state index >= 15 is 0 Å². The van der Waals surface area contributed by atoms with Gasteiger partial charge < -0.3 is 24.8 Å². The van der Waals surface area contributed by atoms with Crippen LogP contribution in [-0.2, 0) is 4.74 Å². The van der Waals surface area contributed by atoms with Gasteiger partial charge in [-0.3, -0.25) is 0 Å². The van der Waals surface area contributed by atoms with Crippen LogP contribution in [-0.4, -0.2) is 43.5 Å². The SMILES string of the molecule is COc1cccc(O[C@H](C)CN[C@@H]2CCC[C@H]2NC(=O)OC(C)(C)C)c1. The lowest BCUT2D eigenvalue weighted by molar-refractivity contribution is 0.0497. The van der Waals surface area contributed by atoms with Gasteiger partial charge in [0.2, 0.25) is 0 Å². The van der Waals surface area contributed by atoms with Crippen LogP contribution in [0.15, 0.2) is 24.3 Å². The van der Waals surface area contributed by atoms with Gasteiger partial charge in [-0.1, -0.05) is 6.07 Å². The maximum absolute atomic E-state index is 12.0. The number of alkyl carbamates (subject to hydrolysis) is 1. The minimum Gasteiger partial charge on any atom is -0.497 e. The standard InChI is InChI=1S/C20H32N2O4/c1-14(25-16-9-6-8-15(12-16)24-5)13-21-17-10-7-11-18(17)22-19(23)26-20(2,3)4/h6,8-9,12,14,17-18,21H,7,10-11,13H2,1-5H3,(H,22,23)/t14-,17-,18-/m1/s1. The normalized spacial score (nSPS) is 21.1. The van der Waals surface area contributed by atoms with Gasteiger partial charge in [0.1, 0.15) is 23.2 Å². The highest BCUT2D eigenvalue weighted by atomic mass is 16.6. The minimum atomic E-state index is -0.481. The summed E-state index contributed by atoms with van der Waals surface area (Å²) in [6.07, 6.45) is 2.74. The van der Waals surface area contributed by atoms with Crippen molar-refractivity contribution in [2.75, 3.05) is 13.7 Å². The van der Waals surface area contributed by atoms with Gasteiger partial charge >= 0.3 is 6.09 Å². The first-order chi connectivity index (χ1) is 12.3. The van der Waals surface area contributed by atoms with Crippen molar-refractivity contribution < 1.29 is 19.0 Å². The monoisotopic (exact) mass is 364 g/mol. The summed E-state index contributed by atoms with van der Waals surface area (Å²) in [4.78, 5) is 12.0. The van der Waals surface area contributed by atoms with Crippen molar-refractivity contribution in [3.8, 4) is 11.5 Å². The first kappa shape index (κ1) is 20.4. The topological polar surface area (TPSA) is 68.8 Å². The fraction of sp³-hybridized carbons (Fsp3) is 0.650. The maximum Gasteiger partial charge on any atom is 0.407 e. The first-order valence-electron chi connectivity index (χ1n) is 9.30. The summed E-state index contributed by atoms with van der Waals surface area (Å²) in [5.74, 6) is 1.56. The maximum atomic E-state index is 12.0. The Labute approximate surface area is 156 Å². The Balaban J connectivity index is 1.78. The fourth-order valence-corrected chi connectivity index (χ4v) is 3.10. The molecule has 2 N–H and O–H groups in total. The van der Waals surface area contributed by atoms with E-state index in [1.807, 2.05) is 52.0 Å². The fourth-order valence-electron chi connectivity index (χ4n) is 3.10. The number of hydrogen-bond donors (Lipinski definition) is 2. The second kappa shape index (κ2) is 9.12. The molecular formula is C20H32N2O4. The Morgan fingerprint density at radius 3 is 2.62 bits per heavy atom. The molecule has 0 bridgehead atoms. The molecule has 1 saturated carbocycles. The van der Waals surface area contributed by atoms with Gasteiger partial charge in [0.05, 0.1) is 7.11 Å². The van der Waals surface area contributed by atoms with Crippen molar-refractivity contribution in [2.24, 2.45) is 0 Å². The van der Waals surface area contributed by atoms with Crippen LogP contribution < -0.4 is 20.1 Å². The summed E-state index contributed by atoms with van der Waals surface area (Å²) in [5.41, 5.74) is -0.481. The molecule has 1 amide bonds. The van der Waals surface area contributed by atoms with E-state index in [4.69, 9.17) is 14.2 Å². The van der Waals surface area contributed by atoms with Crippen LogP contribution in [0.25, 0.3) is 0 Å². The van der Waals surface area contributed by atoms with Gasteiger partial charge in [-0.25, -0.2) is 4.79 Å². The molecule has 2 rings (SSSR count). The molecule has 0 heterocycles. The molecule has 3 atom stereocenters. The zero-order chi connectivity index (χ0) is 19.2. The second-order valence-electron chi connectivity index (χ2n) is 7.81. The Morgan fingerprint density at radius 1 is 1.23 bits per heavy atom. The zero-order valence-corrected chi connectivity index (χ0v) is 16.5. The average Bonchev–Trinajstić information content (AvgIpc) is 2.98. The van der Waals surface area contributed by atoms with Crippen LogP contribution in [0.3, 0.4) is 0 Å². The molecule has 26 heavy (non-hydrogen) atoms. The molecule has 0 spiro atoms. The Bertz CT molecular complexity index is 585. The predicted molar refractivity (Wildman–Crippen MR) is 102 cm³/mol. The van der Waals surface area contributed by atoms with E-state index in [9.17, 15) is 4.79 Å². The molecule has 6 nitrogen and oxygen atoms in total. The van der Waals surface area contributed by atoms with E-state index in [0.717, 1.165) is 30.8 Å². The number of carbonyl (C=O) groups excluding carboxylic acids is 1. The van der Waals surface area contributed by atoms with Crippen molar-refractivity contribution in [2.45, 2.75) is 70.7 Å². The van der Waals surface area contributed by atoms with Gasteiger partial charge in [0.25, 0.3) is 0 Å². The highest BCUT2D eigenvalue weighted by Crippen LogP contribution is 2.22. The second-order valence-corrected chi connectivity index (χ2v) is 7.81. The van der Waals surface area contributed by atoms with E-state index in [2.05, 4.69) is 10.6 Å². The molecular weight excluding hydrogens is 332 g/mol. The Kier molecular flexibility index (Phi) is 7.14. The summed E-state index contributed by atoms with van der Waals surface area (Å²) in [7, 11) is 1.64. The molecule has 1 aliphatic carbocycles. The van der Waals surface area contributed by atoms with Crippen molar-refractivity contribution in [1.82, 2.24) is 10.6 Å². The highest BCUT2D eigenvalue weighted by molar-refractivity contribution is 5.68. The van der Waals surface area contributed by atoms with Crippen LogP contribution in [0, 0.1) is 0 Å². The van der Waals surface area contributed by atoms with Crippen LogP contribution >= 0.6 is 0 Å². The van der Waals surface area contributed by atoms with Crippen LogP contribution in [0.5, 0.6) is 11.5 Å². The van der Waals surface area contributed by atoms with Crippen molar-refractivity contribution in [3.63, 3.8) is 0 Å². The molecule has 6 heteroatoms. The van der Waals surface area contributed by atoms with Crippen LogP contribution in [0.1, 0.15) is 47.0 Å². The number of rotatable bonds is 7. The van der Waals surface area contributed by atoms with Crippen LogP contribution in [0.4, 0.5) is 4.79 Å². The summed E-state index contributed by atoms with van der Waals surface area (Å²) in [6, 6.07) is 7.92. The Hall–Kier alpha value is -1.95. The average molecular weight is 364 g/mol. The molecule has 146 valence electrons. The van der Waals surface area contributed by atoms with E-state index < -0.39 is 5.60 Å². The van der Waals surface area contributed by atoms with Crippen LogP contribution in [0.2, 0.25) is 0 Å². The summed E-state index contributed by atoms with van der Waals surface area (Å²) < 4.78 is 16.5. The van der Waals surface area contributed by atoms with Gasteiger partial charge in [-0.05, 0) is 59.1 Å². The molecule has 1 aromatic carbocycles. The lowest BCUT2D eigenvalue weighted by Gasteiger charge is -2.26. The smallest absolute Gasteiger partial charge is 0.407 e. The molecule has 1 aliphatic rings. The lowest BCUT2D eigenvalue weighted by Crippen LogP contribution is -2.49. The quantitative estimate of drug-likeness (QED) is 0.775. The summed E-state index contributed by atoms with van der Waals surface area (Å²) in [6.45, 7) is 8.34. The molecule has 0 aliphatic heterocycles. The molecule has 1 aromatic rings. The van der Waals surface area contributed by atoms with E-state index in [1.165, 1.54) is 0 Å². The summed E-state index contributed by atoms with van der Waals surface area (Å²) in [5, 5.41) is 6.51. The van der Waals surface area contributed by atoms with Crippen molar-refractivity contribution in [3.05, 3.63) is 24.3 Å². The number of carbonyl (C=O) groups is 1. The third kappa shape index (κ3) is 6.75. The van der Waals surface area contributed by atoms with Gasteiger partial charge in [0.15, 0.2) is 0 Å². The third-order valence-electron chi connectivity index (χ3n) is 4.26. The van der Waals surface area contributed by atoms with Gasteiger partial charge in [0, 0.05) is 24.7 Å². The lowest BCUT2D eigenvalue weighted by atomic mass is 10.1. The number of benzene rings is 1. The van der Waals surface area contributed by atoms with Crippen molar-refractivity contribution in [1.29, 1.82) is 0 Å². The first-order valence-corrected chi connectivity index (χ1v) is 9.30. The summed E-state index contributed by atoms with van der Waals surface area (Å²) >= 11 is 0. The molecule has 1 fully saturated rings.